The molecule has 29 heavy (non-hydrogen) atoms. The first-order valence-electron chi connectivity index (χ1n) is 9.30. The minimum atomic E-state index is -0.259. The predicted molar refractivity (Wildman–Crippen MR) is 113 cm³/mol. The molecule has 154 valence electrons. The fourth-order valence-corrected chi connectivity index (χ4v) is 3.27. The second kappa shape index (κ2) is 9.37. The molecule has 1 aromatic carbocycles. The Labute approximate surface area is 179 Å². The van der Waals surface area contributed by atoms with Crippen LogP contribution in [-0.2, 0) is 13.2 Å². The van der Waals surface area contributed by atoms with Crippen molar-refractivity contribution in [1.29, 1.82) is 0 Å². The second-order valence-corrected chi connectivity index (χ2v) is 7.60. The van der Waals surface area contributed by atoms with Crippen LogP contribution >= 0.6 is 23.2 Å². The molecule has 0 aliphatic heterocycles. The van der Waals surface area contributed by atoms with Crippen LogP contribution in [0, 0.1) is 20.8 Å². The van der Waals surface area contributed by atoms with Gasteiger partial charge in [0, 0.05) is 18.1 Å². The van der Waals surface area contributed by atoms with E-state index in [4.69, 9.17) is 32.4 Å². The molecule has 0 radical (unpaired) electrons. The zero-order valence-corrected chi connectivity index (χ0v) is 18.1. The molecule has 1 N–H and O–H groups in total. The van der Waals surface area contributed by atoms with Crippen molar-refractivity contribution in [2.45, 2.75) is 40.3 Å². The van der Waals surface area contributed by atoms with Gasteiger partial charge in [-0.3, -0.25) is 9.48 Å². The van der Waals surface area contributed by atoms with E-state index in [-0.39, 0.29) is 18.3 Å². The first kappa shape index (κ1) is 21.3. The number of aromatic nitrogens is 2. The van der Waals surface area contributed by atoms with Gasteiger partial charge >= 0.3 is 0 Å². The molecule has 0 aliphatic carbocycles. The standard InChI is InChI=1S/C21H23Cl2N3O3/c1-13-11-16(22)5-7-18(13)28-12-17-6-8-19(29-17)21(27)24-9-4-10-26-15(3)20(23)14(2)25-26/h5-8,11H,4,9-10,12H2,1-3H3,(H,24,27). The molecule has 6 nitrogen and oxygen atoms in total. The van der Waals surface area contributed by atoms with Crippen LogP contribution in [0.3, 0.4) is 0 Å². The number of carbonyl (C=O) groups excluding carboxylic acids is 1. The second-order valence-electron chi connectivity index (χ2n) is 6.78. The lowest BCUT2D eigenvalue weighted by atomic mass is 10.2. The molecular formula is C21H23Cl2N3O3. The van der Waals surface area contributed by atoms with Crippen LogP contribution in [0.15, 0.2) is 34.7 Å². The summed E-state index contributed by atoms with van der Waals surface area (Å²) in [6.45, 7) is 7.14. The SMILES string of the molecule is Cc1cc(Cl)ccc1OCc1ccc(C(=O)NCCCn2nc(C)c(Cl)c2C)o1. The number of carbonyl (C=O) groups is 1. The van der Waals surface area contributed by atoms with Crippen molar-refractivity contribution in [3.8, 4) is 5.75 Å². The summed E-state index contributed by atoms with van der Waals surface area (Å²) in [6, 6.07) is 8.79. The highest BCUT2D eigenvalue weighted by molar-refractivity contribution is 6.31. The van der Waals surface area contributed by atoms with Crippen LogP contribution in [0.4, 0.5) is 0 Å². The lowest BCUT2D eigenvalue weighted by molar-refractivity contribution is 0.0920. The van der Waals surface area contributed by atoms with Gasteiger partial charge in [0.05, 0.1) is 16.4 Å². The van der Waals surface area contributed by atoms with Crippen molar-refractivity contribution < 1.29 is 13.9 Å². The summed E-state index contributed by atoms with van der Waals surface area (Å²) in [4.78, 5) is 12.3. The van der Waals surface area contributed by atoms with E-state index in [0.29, 0.717) is 28.9 Å². The van der Waals surface area contributed by atoms with Gasteiger partial charge in [0.25, 0.3) is 5.91 Å². The molecule has 3 aromatic rings. The quantitative estimate of drug-likeness (QED) is 0.499. The number of nitrogens with one attached hydrogen (secondary N) is 1. The number of furan rings is 1. The highest BCUT2D eigenvalue weighted by atomic mass is 35.5. The van der Waals surface area contributed by atoms with Crippen LogP contribution in [-0.4, -0.2) is 22.2 Å². The molecule has 0 aliphatic rings. The van der Waals surface area contributed by atoms with E-state index in [2.05, 4.69) is 10.4 Å². The first-order valence-corrected chi connectivity index (χ1v) is 10.1. The van der Waals surface area contributed by atoms with Crippen molar-refractivity contribution in [2.24, 2.45) is 0 Å². The molecule has 0 saturated heterocycles. The van der Waals surface area contributed by atoms with Crippen molar-refractivity contribution >= 4 is 29.1 Å². The van der Waals surface area contributed by atoms with Crippen molar-refractivity contribution in [1.82, 2.24) is 15.1 Å². The van der Waals surface area contributed by atoms with Gasteiger partial charge in [0.15, 0.2) is 5.76 Å². The third-order valence-electron chi connectivity index (χ3n) is 4.52. The molecule has 0 bridgehead atoms. The Hall–Kier alpha value is -2.44. The van der Waals surface area contributed by atoms with Gasteiger partial charge in [-0.25, -0.2) is 0 Å². The summed E-state index contributed by atoms with van der Waals surface area (Å²) in [7, 11) is 0. The monoisotopic (exact) mass is 435 g/mol. The summed E-state index contributed by atoms with van der Waals surface area (Å²) in [5.41, 5.74) is 2.68. The van der Waals surface area contributed by atoms with Gasteiger partial charge in [0.2, 0.25) is 0 Å². The summed E-state index contributed by atoms with van der Waals surface area (Å²) >= 11 is 12.1. The maximum atomic E-state index is 12.3. The van der Waals surface area contributed by atoms with Crippen LogP contribution < -0.4 is 10.1 Å². The van der Waals surface area contributed by atoms with Gasteiger partial charge in [-0.15, -0.1) is 0 Å². The first-order chi connectivity index (χ1) is 13.8. The maximum absolute atomic E-state index is 12.3. The predicted octanol–water partition coefficient (Wildman–Crippen LogP) is 5.11. The zero-order valence-electron chi connectivity index (χ0n) is 16.6. The van der Waals surface area contributed by atoms with E-state index in [1.807, 2.05) is 37.6 Å². The molecule has 2 aromatic heterocycles. The van der Waals surface area contributed by atoms with E-state index in [0.717, 1.165) is 29.1 Å². The average Bonchev–Trinajstić information content (AvgIpc) is 3.25. The Balaban J connectivity index is 1.45. The Kier molecular flexibility index (Phi) is 6.87. The number of hydrogen-bond acceptors (Lipinski definition) is 4. The molecule has 3 rings (SSSR count). The third kappa shape index (κ3) is 5.34. The Morgan fingerprint density at radius 2 is 2.00 bits per heavy atom. The summed E-state index contributed by atoms with van der Waals surface area (Å²) in [6.07, 6.45) is 0.733. The molecule has 0 unspecified atom stereocenters. The molecule has 0 fully saturated rings. The van der Waals surface area contributed by atoms with Gasteiger partial charge in [-0.2, -0.15) is 5.10 Å². The van der Waals surface area contributed by atoms with Gasteiger partial charge in [-0.05, 0) is 63.1 Å². The topological polar surface area (TPSA) is 69.3 Å². The minimum Gasteiger partial charge on any atom is -0.485 e. The molecule has 0 atom stereocenters. The van der Waals surface area contributed by atoms with E-state index in [1.165, 1.54) is 0 Å². The van der Waals surface area contributed by atoms with Crippen LogP contribution in [0.1, 0.15) is 39.7 Å². The molecule has 1 amide bonds. The molecule has 8 heteroatoms. The van der Waals surface area contributed by atoms with Crippen LogP contribution in [0.25, 0.3) is 0 Å². The highest BCUT2D eigenvalue weighted by Gasteiger charge is 2.12. The fraction of sp³-hybridized carbons (Fsp3) is 0.333. The van der Waals surface area contributed by atoms with Gasteiger partial charge < -0.3 is 14.5 Å². The Morgan fingerprint density at radius 1 is 1.21 bits per heavy atom. The average molecular weight is 436 g/mol. The number of amides is 1. The summed E-state index contributed by atoms with van der Waals surface area (Å²) in [5.74, 6) is 1.29. The van der Waals surface area contributed by atoms with E-state index in [1.54, 1.807) is 18.2 Å². The lowest BCUT2D eigenvalue weighted by Gasteiger charge is -2.08. The van der Waals surface area contributed by atoms with Gasteiger partial charge in [0.1, 0.15) is 18.1 Å². The number of ether oxygens (including phenoxy) is 1. The third-order valence-corrected chi connectivity index (χ3v) is 5.30. The summed E-state index contributed by atoms with van der Waals surface area (Å²) < 4.78 is 13.2. The number of nitrogens with zero attached hydrogens (tertiary/aromatic N) is 2. The van der Waals surface area contributed by atoms with Crippen LogP contribution in [0.2, 0.25) is 10.0 Å². The lowest BCUT2D eigenvalue weighted by Crippen LogP contribution is -2.25. The number of hydrogen-bond donors (Lipinski definition) is 1. The molecule has 2 heterocycles. The zero-order chi connectivity index (χ0) is 21.0. The fourth-order valence-electron chi connectivity index (χ4n) is 2.91. The maximum Gasteiger partial charge on any atom is 0.286 e. The van der Waals surface area contributed by atoms with Gasteiger partial charge in [-0.1, -0.05) is 23.2 Å². The number of rotatable bonds is 8. The number of halogens is 2. The highest BCUT2D eigenvalue weighted by Crippen LogP contribution is 2.23. The smallest absolute Gasteiger partial charge is 0.286 e. The van der Waals surface area contributed by atoms with Crippen molar-refractivity contribution in [2.75, 3.05) is 6.54 Å². The van der Waals surface area contributed by atoms with E-state index >= 15 is 0 Å². The molecule has 0 saturated carbocycles. The van der Waals surface area contributed by atoms with Crippen molar-refractivity contribution in [3.05, 3.63) is 68.8 Å². The van der Waals surface area contributed by atoms with E-state index < -0.39 is 0 Å². The van der Waals surface area contributed by atoms with Crippen molar-refractivity contribution in [3.63, 3.8) is 0 Å². The molecular weight excluding hydrogens is 413 g/mol. The Morgan fingerprint density at radius 3 is 2.69 bits per heavy atom. The normalized spacial score (nSPS) is 10.9. The summed E-state index contributed by atoms with van der Waals surface area (Å²) in [5, 5.41) is 8.57. The Bertz CT molecular complexity index is 1010. The van der Waals surface area contributed by atoms with E-state index in [9.17, 15) is 4.79 Å². The molecule has 0 spiro atoms. The number of benzene rings is 1. The number of aryl methyl sites for hydroxylation is 3. The largest absolute Gasteiger partial charge is 0.485 e. The van der Waals surface area contributed by atoms with Crippen LogP contribution in [0.5, 0.6) is 5.75 Å². The minimum absolute atomic E-state index is 0.231.